The number of furan rings is 1. The first-order valence-electron chi connectivity index (χ1n) is 14.3. The maximum absolute atomic E-state index is 14.4. The number of carbonyl (C=O) groups is 3. The van der Waals surface area contributed by atoms with E-state index in [0.717, 1.165) is 16.3 Å². The second-order valence-electron chi connectivity index (χ2n) is 9.90. The molecule has 4 amide bonds. The minimum Gasteiger partial charge on any atom is -0.469 e. The molecular formula is C31H43N5O6. The van der Waals surface area contributed by atoms with Crippen LogP contribution >= 0.6 is 0 Å². The molecule has 0 fully saturated rings. The number of rotatable bonds is 16. The van der Waals surface area contributed by atoms with Crippen molar-refractivity contribution in [2.75, 3.05) is 33.4 Å². The Bertz CT molecular complexity index is 1290. The molecule has 3 aromatic rings. The normalized spacial score (nSPS) is 12.8. The highest BCUT2D eigenvalue weighted by Gasteiger charge is 2.34. The number of hydrogen-bond acceptors (Lipinski definition) is 7. The largest absolute Gasteiger partial charge is 0.469 e. The van der Waals surface area contributed by atoms with Gasteiger partial charge >= 0.3 is 6.03 Å². The average Bonchev–Trinajstić information content (AvgIpc) is 3.48. The van der Waals surface area contributed by atoms with E-state index in [4.69, 9.17) is 19.6 Å². The molecule has 0 unspecified atom stereocenters. The van der Waals surface area contributed by atoms with Crippen LogP contribution < -0.4 is 11.1 Å². The molecular weight excluding hydrogens is 538 g/mol. The van der Waals surface area contributed by atoms with Crippen LogP contribution in [0.25, 0.3) is 10.8 Å². The Morgan fingerprint density at radius 1 is 0.976 bits per heavy atom. The second kappa shape index (κ2) is 15.9. The van der Waals surface area contributed by atoms with E-state index in [1.54, 1.807) is 31.0 Å². The van der Waals surface area contributed by atoms with Gasteiger partial charge in [-0.05, 0) is 56.2 Å². The average molecular weight is 582 g/mol. The Hall–Kier alpha value is -3.93. The van der Waals surface area contributed by atoms with Gasteiger partial charge in [0.2, 0.25) is 11.8 Å². The highest BCUT2D eigenvalue weighted by molar-refractivity contribution is 5.90. The van der Waals surface area contributed by atoms with Gasteiger partial charge in [-0.15, -0.1) is 0 Å². The molecule has 0 saturated heterocycles. The van der Waals surface area contributed by atoms with E-state index in [1.165, 1.54) is 16.3 Å². The molecule has 42 heavy (non-hydrogen) atoms. The zero-order chi connectivity index (χ0) is 30.6. The SMILES string of the molecule is CCOC(OCC)[C@H](C)N(Cc1cccc2ccccc12)C(=O)[C@H](Cc1ccco1)NC(=O)CN(C)N(CC)C(N)=O. The van der Waals surface area contributed by atoms with Gasteiger partial charge < -0.3 is 29.8 Å². The fourth-order valence-electron chi connectivity index (χ4n) is 4.97. The molecule has 0 bridgehead atoms. The van der Waals surface area contributed by atoms with Crippen LogP contribution in [0.4, 0.5) is 4.79 Å². The summed E-state index contributed by atoms with van der Waals surface area (Å²) in [4.78, 5) is 41.1. The third kappa shape index (κ3) is 8.54. The third-order valence-electron chi connectivity index (χ3n) is 7.01. The van der Waals surface area contributed by atoms with Crippen LogP contribution in [0.2, 0.25) is 0 Å². The lowest BCUT2D eigenvalue weighted by molar-refractivity contribution is -0.179. The summed E-state index contributed by atoms with van der Waals surface area (Å²) < 4.78 is 17.4. The van der Waals surface area contributed by atoms with Crippen molar-refractivity contribution in [3.8, 4) is 0 Å². The fourth-order valence-corrected chi connectivity index (χ4v) is 4.97. The molecule has 0 aliphatic rings. The lowest BCUT2D eigenvalue weighted by atomic mass is 10.0. The molecule has 3 N–H and O–H groups in total. The molecule has 1 aromatic heterocycles. The molecule has 0 radical (unpaired) electrons. The zero-order valence-corrected chi connectivity index (χ0v) is 25.1. The van der Waals surface area contributed by atoms with Crippen LogP contribution in [0.3, 0.4) is 0 Å². The van der Waals surface area contributed by atoms with E-state index in [1.807, 2.05) is 63.2 Å². The fraction of sp³-hybridized carbons (Fsp3) is 0.452. The van der Waals surface area contributed by atoms with Crippen molar-refractivity contribution in [3.05, 3.63) is 72.2 Å². The van der Waals surface area contributed by atoms with Crippen molar-refractivity contribution < 1.29 is 28.3 Å². The summed E-state index contributed by atoms with van der Waals surface area (Å²) in [6.07, 6.45) is 0.968. The van der Waals surface area contributed by atoms with Gasteiger partial charge in [0.15, 0.2) is 6.29 Å². The zero-order valence-electron chi connectivity index (χ0n) is 25.1. The monoisotopic (exact) mass is 581 g/mol. The molecule has 3 rings (SSSR count). The van der Waals surface area contributed by atoms with E-state index in [9.17, 15) is 14.4 Å². The smallest absolute Gasteiger partial charge is 0.329 e. The number of amides is 4. The minimum atomic E-state index is -0.970. The van der Waals surface area contributed by atoms with E-state index >= 15 is 0 Å². The molecule has 0 spiro atoms. The molecule has 11 heteroatoms. The second-order valence-corrected chi connectivity index (χ2v) is 9.90. The van der Waals surface area contributed by atoms with E-state index in [2.05, 4.69) is 5.32 Å². The number of primary amides is 1. The first-order valence-corrected chi connectivity index (χ1v) is 14.3. The predicted octanol–water partition coefficient (Wildman–Crippen LogP) is 3.52. The Morgan fingerprint density at radius 3 is 2.29 bits per heavy atom. The summed E-state index contributed by atoms with van der Waals surface area (Å²) in [5.41, 5.74) is 6.39. The van der Waals surface area contributed by atoms with Crippen molar-refractivity contribution in [2.45, 2.75) is 59.0 Å². The molecule has 228 valence electrons. The number of likely N-dealkylation sites (N-methyl/N-ethyl adjacent to an activating group) is 1. The highest BCUT2D eigenvalue weighted by atomic mass is 16.7. The standard InChI is InChI=1S/C31H43N5O6/c1-6-36(31(32)39)34(5)21-28(37)33-27(19-25-16-12-18-42-25)29(38)35(22(4)30(40-7-2)41-8-3)20-24-15-11-14-23-13-9-10-17-26(23)24/h9-18,22,27,30H,6-8,19-21H2,1-5H3,(H2,32,39)(H,33,37)/t22-,27-/m0/s1. The van der Waals surface area contributed by atoms with Crippen molar-refractivity contribution in [3.63, 3.8) is 0 Å². The number of nitrogens with zero attached hydrogens (tertiary/aromatic N) is 3. The summed E-state index contributed by atoms with van der Waals surface area (Å²) in [6, 6.07) is 15.3. The summed E-state index contributed by atoms with van der Waals surface area (Å²) in [5.74, 6) is -0.237. The summed E-state index contributed by atoms with van der Waals surface area (Å²) in [7, 11) is 1.58. The van der Waals surface area contributed by atoms with Crippen molar-refractivity contribution in [2.24, 2.45) is 5.73 Å². The number of carbonyl (C=O) groups excluding carboxylic acids is 3. The molecule has 11 nitrogen and oxygen atoms in total. The first kappa shape index (κ1) is 32.6. The summed E-state index contributed by atoms with van der Waals surface area (Å²) >= 11 is 0. The maximum Gasteiger partial charge on any atom is 0.329 e. The number of fused-ring (bicyclic) bond motifs is 1. The number of hydrazine groups is 1. The topological polar surface area (TPSA) is 131 Å². The van der Waals surface area contributed by atoms with Gasteiger partial charge in [-0.1, -0.05) is 42.5 Å². The van der Waals surface area contributed by atoms with Crippen LogP contribution in [-0.2, 0) is 32.0 Å². The van der Waals surface area contributed by atoms with E-state index < -0.39 is 30.3 Å². The predicted molar refractivity (Wildman–Crippen MR) is 160 cm³/mol. The number of nitrogens with one attached hydrogen (secondary N) is 1. The van der Waals surface area contributed by atoms with Gasteiger partial charge in [-0.2, -0.15) is 0 Å². The van der Waals surface area contributed by atoms with Gasteiger partial charge in [0.25, 0.3) is 0 Å². The van der Waals surface area contributed by atoms with Gasteiger partial charge in [-0.3, -0.25) is 14.6 Å². The van der Waals surface area contributed by atoms with Crippen molar-refractivity contribution in [1.82, 2.24) is 20.2 Å². The first-order chi connectivity index (χ1) is 20.2. The molecule has 0 aliphatic heterocycles. The van der Waals surface area contributed by atoms with Crippen LogP contribution in [0.15, 0.2) is 65.3 Å². The number of ether oxygens (including phenoxy) is 2. The number of hydrogen-bond donors (Lipinski definition) is 2. The lowest BCUT2D eigenvalue weighted by Gasteiger charge is -2.37. The molecule has 1 heterocycles. The number of urea groups is 1. The van der Waals surface area contributed by atoms with E-state index in [0.29, 0.717) is 25.5 Å². The minimum absolute atomic E-state index is 0.126. The Morgan fingerprint density at radius 2 is 1.67 bits per heavy atom. The van der Waals surface area contributed by atoms with E-state index in [-0.39, 0.29) is 25.4 Å². The quantitative estimate of drug-likeness (QED) is 0.196. The summed E-state index contributed by atoms with van der Waals surface area (Å²) in [5, 5.41) is 7.61. The molecule has 2 aromatic carbocycles. The van der Waals surface area contributed by atoms with Crippen molar-refractivity contribution in [1.29, 1.82) is 0 Å². The third-order valence-corrected chi connectivity index (χ3v) is 7.01. The Kier molecular flexibility index (Phi) is 12.3. The van der Waals surface area contributed by atoms with Gasteiger partial charge in [-0.25, -0.2) is 9.80 Å². The lowest BCUT2D eigenvalue weighted by Crippen LogP contribution is -2.57. The number of nitrogens with two attached hydrogens (primary N) is 1. The van der Waals surface area contributed by atoms with Crippen LogP contribution in [0.1, 0.15) is 39.0 Å². The van der Waals surface area contributed by atoms with Crippen LogP contribution in [-0.4, -0.2) is 84.5 Å². The Labute approximate surface area is 247 Å². The molecule has 2 atom stereocenters. The number of benzene rings is 2. The van der Waals surface area contributed by atoms with Gasteiger partial charge in [0, 0.05) is 39.8 Å². The van der Waals surface area contributed by atoms with Gasteiger partial charge in [0.1, 0.15) is 11.8 Å². The maximum atomic E-state index is 14.4. The molecule has 0 saturated carbocycles. The molecule has 0 aliphatic carbocycles. The van der Waals surface area contributed by atoms with Gasteiger partial charge in [0.05, 0.1) is 18.8 Å². The van der Waals surface area contributed by atoms with Crippen molar-refractivity contribution >= 4 is 28.6 Å². The van der Waals surface area contributed by atoms with Crippen LogP contribution in [0.5, 0.6) is 0 Å². The Balaban J connectivity index is 1.97. The highest BCUT2D eigenvalue weighted by Crippen LogP contribution is 2.23. The van der Waals surface area contributed by atoms with Crippen LogP contribution in [0, 0.1) is 0 Å². The summed E-state index contributed by atoms with van der Waals surface area (Å²) in [6.45, 7) is 8.55.